The molecule has 6 nitrogen and oxygen atoms in total. The Morgan fingerprint density at radius 2 is 1.68 bits per heavy atom. The fourth-order valence-corrected chi connectivity index (χ4v) is 4.99. The van der Waals surface area contributed by atoms with E-state index in [9.17, 15) is 9.59 Å². The minimum Gasteiger partial charge on any atom is -0.497 e. The molecule has 2 heterocycles. The molecular formula is C28H35N3O3. The summed E-state index contributed by atoms with van der Waals surface area (Å²) in [5.41, 5.74) is 3.28. The summed E-state index contributed by atoms with van der Waals surface area (Å²) in [6.45, 7) is 3.10. The number of carbonyl (C=O) groups excluding carboxylic acids is 2. The Kier molecular flexibility index (Phi) is 7.25. The van der Waals surface area contributed by atoms with Crippen LogP contribution < -0.4 is 9.64 Å². The Bertz CT molecular complexity index is 1040. The van der Waals surface area contributed by atoms with Gasteiger partial charge < -0.3 is 19.4 Å². The zero-order valence-corrected chi connectivity index (χ0v) is 20.5. The van der Waals surface area contributed by atoms with Crippen LogP contribution in [0, 0.1) is 5.41 Å². The van der Waals surface area contributed by atoms with Crippen molar-refractivity contribution in [3.63, 3.8) is 0 Å². The summed E-state index contributed by atoms with van der Waals surface area (Å²) < 4.78 is 5.27. The number of nitrogens with zero attached hydrogens (tertiary/aromatic N) is 3. The van der Waals surface area contributed by atoms with Gasteiger partial charge in [0, 0.05) is 52.0 Å². The number of benzene rings is 2. The minimum atomic E-state index is 0.0742. The van der Waals surface area contributed by atoms with Crippen LogP contribution in [0.4, 0.5) is 5.69 Å². The highest BCUT2D eigenvalue weighted by molar-refractivity contribution is 5.92. The molecule has 180 valence electrons. The fraction of sp³-hybridized carbons (Fsp3) is 0.429. The van der Waals surface area contributed by atoms with E-state index in [-0.39, 0.29) is 17.2 Å². The van der Waals surface area contributed by atoms with Crippen molar-refractivity contribution in [2.75, 3.05) is 52.3 Å². The summed E-state index contributed by atoms with van der Waals surface area (Å²) in [4.78, 5) is 31.6. The first-order valence-electron chi connectivity index (χ1n) is 12.0. The van der Waals surface area contributed by atoms with Gasteiger partial charge in [-0.25, -0.2) is 0 Å². The summed E-state index contributed by atoms with van der Waals surface area (Å²) in [5.74, 6) is 1.01. The van der Waals surface area contributed by atoms with Crippen molar-refractivity contribution in [2.45, 2.75) is 25.7 Å². The zero-order valence-electron chi connectivity index (χ0n) is 20.5. The van der Waals surface area contributed by atoms with Gasteiger partial charge in [-0.15, -0.1) is 0 Å². The Balaban J connectivity index is 1.27. The van der Waals surface area contributed by atoms with Gasteiger partial charge in [-0.05, 0) is 66.1 Å². The van der Waals surface area contributed by atoms with E-state index < -0.39 is 0 Å². The van der Waals surface area contributed by atoms with Crippen molar-refractivity contribution in [3.05, 3.63) is 65.7 Å². The first kappa shape index (κ1) is 23.9. The summed E-state index contributed by atoms with van der Waals surface area (Å²) in [6.07, 6.45) is 6.91. The average molecular weight is 462 g/mol. The molecule has 0 bridgehead atoms. The summed E-state index contributed by atoms with van der Waals surface area (Å²) in [7, 11) is 5.66. The van der Waals surface area contributed by atoms with Crippen LogP contribution in [-0.2, 0) is 16.0 Å². The van der Waals surface area contributed by atoms with Crippen LogP contribution in [0.15, 0.2) is 54.6 Å². The SMILES string of the molecule is COc1cccc(CC(=O)N2CCC3(CCN(C(=O)/C=C/c4ccc(N(C)C)cc4)C3)CC2)c1. The van der Waals surface area contributed by atoms with E-state index in [0.717, 1.165) is 68.0 Å². The molecule has 0 aliphatic carbocycles. The predicted octanol–water partition coefficient (Wildman–Crippen LogP) is 3.86. The standard InChI is InChI=1S/C28H35N3O3/c1-29(2)24-10-7-22(8-11-24)9-12-26(32)31-18-15-28(21-31)13-16-30(17-14-28)27(33)20-23-5-4-6-25(19-23)34-3/h4-12,19H,13-18,20-21H2,1-3H3/b12-9+. The van der Waals surface area contributed by atoms with Crippen LogP contribution in [0.5, 0.6) is 5.75 Å². The monoisotopic (exact) mass is 461 g/mol. The zero-order chi connectivity index (χ0) is 24.1. The number of carbonyl (C=O) groups is 2. The van der Waals surface area contributed by atoms with Crippen molar-refractivity contribution in [2.24, 2.45) is 5.41 Å². The second-order valence-corrected chi connectivity index (χ2v) is 9.74. The van der Waals surface area contributed by atoms with Crippen LogP contribution in [-0.4, -0.2) is 69.0 Å². The van der Waals surface area contributed by atoms with E-state index in [2.05, 4.69) is 17.0 Å². The molecule has 0 radical (unpaired) electrons. The molecule has 1 spiro atoms. The third-order valence-corrected chi connectivity index (χ3v) is 7.24. The first-order chi connectivity index (χ1) is 16.4. The number of anilines is 1. The maximum absolute atomic E-state index is 12.8. The second kappa shape index (κ2) is 10.3. The number of likely N-dealkylation sites (tertiary alicyclic amines) is 2. The largest absolute Gasteiger partial charge is 0.497 e. The van der Waals surface area contributed by atoms with Gasteiger partial charge in [0.2, 0.25) is 11.8 Å². The number of ether oxygens (including phenoxy) is 1. The molecule has 0 unspecified atom stereocenters. The van der Waals surface area contributed by atoms with Crippen LogP contribution in [0.2, 0.25) is 0 Å². The third kappa shape index (κ3) is 5.61. The average Bonchev–Trinajstić information content (AvgIpc) is 3.26. The van der Waals surface area contributed by atoms with Gasteiger partial charge in [-0.2, -0.15) is 0 Å². The lowest BCUT2D eigenvalue weighted by Gasteiger charge is -2.39. The molecule has 2 aliphatic heterocycles. The van der Waals surface area contributed by atoms with Crippen molar-refractivity contribution < 1.29 is 14.3 Å². The maximum atomic E-state index is 12.8. The topological polar surface area (TPSA) is 53.1 Å². The van der Waals surface area contributed by atoms with Gasteiger partial charge in [-0.1, -0.05) is 24.3 Å². The number of piperidine rings is 1. The van der Waals surface area contributed by atoms with E-state index in [4.69, 9.17) is 4.74 Å². The molecule has 2 fully saturated rings. The van der Waals surface area contributed by atoms with Crippen molar-refractivity contribution in [1.29, 1.82) is 0 Å². The van der Waals surface area contributed by atoms with Crippen molar-refractivity contribution in [1.82, 2.24) is 9.80 Å². The Hall–Kier alpha value is -3.28. The Morgan fingerprint density at radius 1 is 1.00 bits per heavy atom. The molecule has 2 aliphatic rings. The van der Waals surface area contributed by atoms with E-state index in [1.54, 1.807) is 13.2 Å². The molecule has 2 aromatic carbocycles. The molecule has 0 aromatic heterocycles. The molecule has 2 aromatic rings. The number of rotatable bonds is 6. The normalized spacial score (nSPS) is 17.4. The minimum absolute atomic E-state index is 0.0742. The second-order valence-electron chi connectivity index (χ2n) is 9.74. The molecule has 6 heteroatoms. The van der Waals surface area contributed by atoms with E-state index >= 15 is 0 Å². The number of hydrogen-bond acceptors (Lipinski definition) is 4. The lowest BCUT2D eigenvalue weighted by atomic mass is 9.77. The molecule has 0 atom stereocenters. The summed E-state index contributed by atoms with van der Waals surface area (Å²) in [6, 6.07) is 15.9. The maximum Gasteiger partial charge on any atom is 0.246 e. The smallest absolute Gasteiger partial charge is 0.246 e. The van der Waals surface area contributed by atoms with Crippen LogP contribution >= 0.6 is 0 Å². The molecule has 0 saturated carbocycles. The summed E-state index contributed by atoms with van der Waals surface area (Å²) in [5, 5.41) is 0. The lowest BCUT2D eigenvalue weighted by Crippen LogP contribution is -2.45. The van der Waals surface area contributed by atoms with E-state index in [1.807, 2.05) is 66.4 Å². The third-order valence-electron chi connectivity index (χ3n) is 7.24. The van der Waals surface area contributed by atoms with Crippen LogP contribution in [0.1, 0.15) is 30.4 Å². The van der Waals surface area contributed by atoms with E-state index in [0.29, 0.717) is 6.42 Å². The summed E-state index contributed by atoms with van der Waals surface area (Å²) >= 11 is 0. The predicted molar refractivity (Wildman–Crippen MR) is 136 cm³/mol. The highest BCUT2D eigenvalue weighted by atomic mass is 16.5. The number of amides is 2. The molecule has 2 saturated heterocycles. The van der Waals surface area contributed by atoms with Crippen molar-refractivity contribution in [3.8, 4) is 5.75 Å². The Labute approximate surface area is 202 Å². The Morgan fingerprint density at radius 3 is 2.32 bits per heavy atom. The van der Waals surface area contributed by atoms with Crippen LogP contribution in [0.25, 0.3) is 6.08 Å². The molecular weight excluding hydrogens is 426 g/mol. The van der Waals surface area contributed by atoms with E-state index in [1.165, 1.54) is 0 Å². The van der Waals surface area contributed by atoms with Gasteiger partial charge >= 0.3 is 0 Å². The lowest BCUT2D eigenvalue weighted by molar-refractivity contribution is -0.133. The number of methoxy groups -OCH3 is 1. The number of hydrogen-bond donors (Lipinski definition) is 0. The fourth-order valence-electron chi connectivity index (χ4n) is 4.99. The molecule has 4 rings (SSSR count). The first-order valence-corrected chi connectivity index (χ1v) is 12.0. The highest BCUT2D eigenvalue weighted by Crippen LogP contribution is 2.40. The van der Waals surface area contributed by atoms with Gasteiger partial charge in [0.05, 0.1) is 13.5 Å². The van der Waals surface area contributed by atoms with Crippen LogP contribution in [0.3, 0.4) is 0 Å². The molecule has 2 amide bonds. The highest BCUT2D eigenvalue weighted by Gasteiger charge is 2.42. The van der Waals surface area contributed by atoms with Crippen molar-refractivity contribution >= 4 is 23.6 Å². The van der Waals surface area contributed by atoms with Gasteiger partial charge in [0.15, 0.2) is 0 Å². The van der Waals surface area contributed by atoms with Gasteiger partial charge in [-0.3, -0.25) is 9.59 Å². The molecule has 0 N–H and O–H groups in total. The quantitative estimate of drug-likeness (QED) is 0.613. The van der Waals surface area contributed by atoms with Gasteiger partial charge in [0.1, 0.15) is 5.75 Å². The molecule has 34 heavy (non-hydrogen) atoms. The van der Waals surface area contributed by atoms with Gasteiger partial charge in [0.25, 0.3) is 0 Å².